The standard InChI is InChI=1S/C18H11F6N3O2/c19-17(20,21)12-3-11(4-13(5-12)18(22,23)24)16(28)27-8-14(9-27)29-15-2-1-10(6-25)7-26-15/h1-5,7,14H,8-9H2. The molecule has 0 unspecified atom stereocenters. The zero-order chi connectivity index (χ0) is 21.4. The summed E-state index contributed by atoms with van der Waals surface area (Å²) in [6, 6.07) is 5.54. The second-order valence-electron chi connectivity index (χ2n) is 6.24. The molecule has 0 radical (unpaired) electrons. The van der Waals surface area contributed by atoms with E-state index in [9.17, 15) is 31.1 Å². The summed E-state index contributed by atoms with van der Waals surface area (Å²) in [7, 11) is 0. The van der Waals surface area contributed by atoms with Crippen LogP contribution in [-0.4, -0.2) is 35.0 Å². The van der Waals surface area contributed by atoms with Crippen LogP contribution in [0, 0.1) is 11.3 Å². The van der Waals surface area contributed by atoms with Gasteiger partial charge in [0.05, 0.1) is 29.8 Å². The largest absolute Gasteiger partial charge is 0.471 e. The van der Waals surface area contributed by atoms with E-state index in [1.54, 1.807) is 0 Å². The Balaban J connectivity index is 1.72. The van der Waals surface area contributed by atoms with Gasteiger partial charge in [-0.15, -0.1) is 0 Å². The number of hydrogen-bond donors (Lipinski definition) is 0. The van der Waals surface area contributed by atoms with Crippen LogP contribution in [0.2, 0.25) is 0 Å². The number of hydrogen-bond acceptors (Lipinski definition) is 4. The number of nitriles is 1. The Kier molecular flexibility index (Phi) is 5.13. The summed E-state index contributed by atoms with van der Waals surface area (Å²) in [4.78, 5) is 17.3. The van der Waals surface area contributed by atoms with E-state index in [4.69, 9.17) is 10.00 Å². The molecule has 0 atom stereocenters. The fourth-order valence-corrected chi connectivity index (χ4v) is 2.63. The third kappa shape index (κ3) is 4.59. The number of ether oxygens (including phenoxy) is 1. The highest BCUT2D eigenvalue weighted by atomic mass is 19.4. The summed E-state index contributed by atoms with van der Waals surface area (Å²) in [6.07, 6.45) is -9.30. The molecular weight excluding hydrogens is 404 g/mol. The molecule has 0 N–H and O–H groups in total. The van der Waals surface area contributed by atoms with Gasteiger partial charge in [-0.05, 0) is 24.3 Å². The van der Waals surface area contributed by atoms with Crippen LogP contribution in [0.5, 0.6) is 5.88 Å². The Morgan fingerprint density at radius 1 is 1.07 bits per heavy atom. The fraction of sp³-hybridized carbons (Fsp3) is 0.278. The van der Waals surface area contributed by atoms with Crippen LogP contribution in [0.15, 0.2) is 36.5 Å². The lowest BCUT2D eigenvalue weighted by Crippen LogP contribution is -2.56. The number of halogens is 6. The van der Waals surface area contributed by atoms with Crippen LogP contribution >= 0.6 is 0 Å². The first kappa shape index (κ1) is 20.4. The molecule has 2 aromatic rings. The monoisotopic (exact) mass is 415 g/mol. The van der Waals surface area contributed by atoms with E-state index in [0.29, 0.717) is 17.7 Å². The van der Waals surface area contributed by atoms with Crippen molar-refractivity contribution in [2.75, 3.05) is 13.1 Å². The lowest BCUT2D eigenvalue weighted by molar-refractivity contribution is -0.143. The van der Waals surface area contributed by atoms with E-state index in [1.165, 1.54) is 18.3 Å². The molecule has 3 rings (SSSR count). The Bertz CT molecular complexity index is 925. The number of carbonyl (C=O) groups is 1. The molecule has 0 saturated carbocycles. The summed E-state index contributed by atoms with van der Waals surface area (Å²) in [5.41, 5.74) is -3.49. The van der Waals surface area contributed by atoms with Gasteiger partial charge in [0, 0.05) is 17.8 Å². The van der Waals surface area contributed by atoms with Crippen LogP contribution < -0.4 is 4.74 Å². The lowest BCUT2D eigenvalue weighted by atomic mass is 10.0. The molecule has 0 bridgehead atoms. The Hall–Kier alpha value is -3.29. The molecule has 152 valence electrons. The highest BCUT2D eigenvalue weighted by Crippen LogP contribution is 2.36. The van der Waals surface area contributed by atoms with Crippen molar-refractivity contribution in [3.05, 3.63) is 58.8 Å². The van der Waals surface area contributed by atoms with Crippen LogP contribution in [0.1, 0.15) is 27.0 Å². The lowest BCUT2D eigenvalue weighted by Gasteiger charge is -2.38. The quantitative estimate of drug-likeness (QED) is 0.714. The van der Waals surface area contributed by atoms with E-state index in [2.05, 4.69) is 4.98 Å². The minimum Gasteiger partial charge on any atom is -0.471 e. The van der Waals surface area contributed by atoms with Crippen LogP contribution in [0.4, 0.5) is 26.3 Å². The van der Waals surface area contributed by atoms with Gasteiger partial charge in [0.15, 0.2) is 0 Å². The van der Waals surface area contributed by atoms with Gasteiger partial charge in [-0.3, -0.25) is 4.79 Å². The number of pyridine rings is 1. The molecule has 1 saturated heterocycles. The summed E-state index contributed by atoms with van der Waals surface area (Å²) in [6.45, 7) is -0.0593. The van der Waals surface area contributed by atoms with Crippen LogP contribution in [0.3, 0.4) is 0 Å². The first-order valence-corrected chi connectivity index (χ1v) is 8.09. The Morgan fingerprint density at radius 3 is 2.10 bits per heavy atom. The summed E-state index contributed by atoms with van der Waals surface area (Å²) >= 11 is 0. The molecule has 29 heavy (non-hydrogen) atoms. The molecule has 0 aliphatic carbocycles. The molecule has 0 spiro atoms. The maximum Gasteiger partial charge on any atom is 0.416 e. The molecule has 1 amide bonds. The molecule has 1 aromatic heterocycles. The van der Waals surface area contributed by atoms with Gasteiger partial charge in [-0.25, -0.2) is 4.98 Å². The number of amides is 1. The highest BCUT2D eigenvalue weighted by Gasteiger charge is 2.39. The summed E-state index contributed by atoms with van der Waals surface area (Å²) < 4.78 is 82.9. The van der Waals surface area contributed by atoms with E-state index in [-0.39, 0.29) is 25.0 Å². The van der Waals surface area contributed by atoms with Gasteiger partial charge in [-0.2, -0.15) is 31.6 Å². The predicted molar refractivity (Wildman–Crippen MR) is 85.7 cm³/mol. The zero-order valence-electron chi connectivity index (χ0n) is 14.4. The second-order valence-corrected chi connectivity index (χ2v) is 6.24. The maximum absolute atomic E-state index is 12.9. The van der Waals surface area contributed by atoms with Crippen molar-refractivity contribution in [1.29, 1.82) is 5.26 Å². The Labute approximate surface area is 160 Å². The highest BCUT2D eigenvalue weighted by molar-refractivity contribution is 5.95. The van der Waals surface area contributed by atoms with Gasteiger partial charge in [-0.1, -0.05) is 0 Å². The molecule has 1 aromatic carbocycles. The number of aromatic nitrogens is 1. The van der Waals surface area contributed by atoms with Crippen molar-refractivity contribution in [1.82, 2.24) is 9.88 Å². The fourth-order valence-electron chi connectivity index (χ4n) is 2.63. The van der Waals surface area contributed by atoms with E-state index < -0.39 is 41.1 Å². The normalized spacial score (nSPS) is 14.9. The molecule has 1 aliphatic heterocycles. The number of benzene rings is 1. The molecule has 11 heteroatoms. The van der Waals surface area contributed by atoms with Crippen molar-refractivity contribution < 1.29 is 35.9 Å². The summed E-state index contributed by atoms with van der Waals surface area (Å²) in [5.74, 6) is -0.784. The smallest absolute Gasteiger partial charge is 0.416 e. The topological polar surface area (TPSA) is 66.2 Å². The van der Waals surface area contributed by atoms with Gasteiger partial charge in [0.2, 0.25) is 5.88 Å². The molecule has 2 heterocycles. The number of alkyl halides is 6. The van der Waals surface area contributed by atoms with Crippen molar-refractivity contribution in [2.45, 2.75) is 18.5 Å². The first-order valence-electron chi connectivity index (χ1n) is 8.09. The Morgan fingerprint density at radius 2 is 1.66 bits per heavy atom. The number of likely N-dealkylation sites (tertiary alicyclic amines) is 1. The maximum atomic E-state index is 12.9. The third-order valence-electron chi connectivity index (χ3n) is 4.12. The number of nitrogens with zero attached hydrogens (tertiary/aromatic N) is 3. The predicted octanol–water partition coefficient (Wildman–Crippen LogP) is 3.89. The molecule has 1 aliphatic rings. The average Bonchev–Trinajstić information content (AvgIpc) is 2.62. The van der Waals surface area contributed by atoms with Gasteiger partial charge >= 0.3 is 12.4 Å². The summed E-state index contributed by atoms with van der Waals surface area (Å²) in [5, 5.41) is 8.70. The van der Waals surface area contributed by atoms with E-state index in [1.807, 2.05) is 6.07 Å². The zero-order valence-corrected chi connectivity index (χ0v) is 14.4. The van der Waals surface area contributed by atoms with Gasteiger partial charge in [0.25, 0.3) is 5.91 Å². The molecular formula is C18H11F6N3O2. The SMILES string of the molecule is N#Cc1ccc(OC2CN(C(=O)c3cc(C(F)(F)F)cc(C(F)(F)F)c3)C2)nc1. The van der Waals surface area contributed by atoms with Crippen molar-refractivity contribution in [2.24, 2.45) is 0 Å². The van der Waals surface area contributed by atoms with Crippen LogP contribution in [-0.2, 0) is 12.4 Å². The van der Waals surface area contributed by atoms with Crippen molar-refractivity contribution in [3.63, 3.8) is 0 Å². The van der Waals surface area contributed by atoms with E-state index >= 15 is 0 Å². The second kappa shape index (κ2) is 7.27. The molecule has 1 fully saturated rings. The third-order valence-corrected chi connectivity index (χ3v) is 4.12. The van der Waals surface area contributed by atoms with Crippen molar-refractivity contribution >= 4 is 5.91 Å². The minimum atomic E-state index is -5.03. The molecule has 5 nitrogen and oxygen atoms in total. The number of rotatable bonds is 3. The minimum absolute atomic E-state index is 0.0297. The van der Waals surface area contributed by atoms with Gasteiger partial charge < -0.3 is 9.64 Å². The van der Waals surface area contributed by atoms with Crippen molar-refractivity contribution in [3.8, 4) is 11.9 Å². The van der Waals surface area contributed by atoms with Gasteiger partial charge in [0.1, 0.15) is 12.2 Å². The average molecular weight is 415 g/mol. The van der Waals surface area contributed by atoms with E-state index in [0.717, 1.165) is 4.90 Å². The number of carbonyl (C=O) groups excluding carboxylic acids is 1. The first-order chi connectivity index (χ1) is 13.5. The van der Waals surface area contributed by atoms with Crippen LogP contribution in [0.25, 0.3) is 0 Å².